The zero-order valence-corrected chi connectivity index (χ0v) is 15.9. The summed E-state index contributed by atoms with van der Waals surface area (Å²) in [5.41, 5.74) is 5.20. The van der Waals surface area contributed by atoms with E-state index < -0.39 is 41.6 Å². The molecule has 5 N–H and O–H groups in total. The highest BCUT2D eigenvalue weighted by molar-refractivity contribution is 5.90. The van der Waals surface area contributed by atoms with Crippen LogP contribution in [0.1, 0.15) is 38.5 Å². The van der Waals surface area contributed by atoms with Gasteiger partial charge >= 0.3 is 0 Å². The Morgan fingerprint density at radius 1 is 1.21 bits per heavy atom. The van der Waals surface area contributed by atoms with Gasteiger partial charge in [0.1, 0.15) is 6.61 Å². The van der Waals surface area contributed by atoms with Gasteiger partial charge in [-0.25, -0.2) is 8.78 Å². The van der Waals surface area contributed by atoms with Crippen LogP contribution >= 0.6 is 0 Å². The molecule has 0 radical (unpaired) electrons. The van der Waals surface area contributed by atoms with E-state index in [4.69, 9.17) is 15.9 Å². The lowest BCUT2D eigenvalue weighted by atomic mass is 10.0. The molecule has 1 atom stereocenters. The number of benzene rings is 1. The summed E-state index contributed by atoms with van der Waals surface area (Å²) in [5, 5.41) is 12.4. The van der Waals surface area contributed by atoms with E-state index in [1.165, 1.54) is 0 Å². The smallest absolute Gasteiger partial charge is 0.223 e. The van der Waals surface area contributed by atoms with E-state index in [-0.39, 0.29) is 24.2 Å². The Morgan fingerprint density at radius 3 is 2.52 bits per heavy atom. The second-order valence-electron chi connectivity index (χ2n) is 6.95. The number of halogens is 3. The van der Waals surface area contributed by atoms with Crippen molar-refractivity contribution < 1.29 is 27.5 Å². The summed E-state index contributed by atoms with van der Waals surface area (Å²) in [5.74, 6) is -6.15. The van der Waals surface area contributed by atoms with Gasteiger partial charge < -0.3 is 21.1 Å². The first-order valence-corrected chi connectivity index (χ1v) is 9.47. The van der Waals surface area contributed by atoms with Crippen molar-refractivity contribution >= 4 is 17.6 Å². The van der Waals surface area contributed by atoms with Crippen molar-refractivity contribution in [1.82, 2.24) is 10.6 Å². The molecule has 1 aromatic carbocycles. The van der Waals surface area contributed by atoms with Gasteiger partial charge in [-0.3, -0.25) is 15.0 Å². The van der Waals surface area contributed by atoms with Crippen LogP contribution in [0.4, 0.5) is 13.2 Å². The molecular formula is C19H25F3N4O3. The Hall–Kier alpha value is -2.78. The number of carbonyl (C=O) groups is 2. The third kappa shape index (κ3) is 6.65. The lowest BCUT2D eigenvalue weighted by Gasteiger charge is -2.20. The molecule has 1 aromatic rings. The topological polar surface area (TPSA) is 117 Å². The van der Waals surface area contributed by atoms with E-state index in [9.17, 15) is 22.8 Å². The molecule has 160 valence electrons. The maximum Gasteiger partial charge on any atom is 0.223 e. The standard InChI is InChI=1S/C19H25F3N4O3/c20-12-7-8-13(21)17(16(12)22)29-10-15(27)14(6-3-9-25-19(23)24)26-18(28)11-4-1-2-5-11/h7-8,11,14H,1-6,9-10H2,(H,26,28)(H4,23,24,25)/t14-/m0/s1. The summed E-state index contributed by atoms with van der Waals surface area (Å²) >= 11 is 0. The molecule has 0 saturated heterocycles. The third-order valence-corrected chi connectivity index (χ3v) is 4.78. The van der Waals surface area contributed by atoms with Crippen molar-refractivity contribution in [3.63, 3.8) is 0 Å². The van der Waals surface area contributed by atoms with Gasteiger partial charge in [-0.15, -0.1) is 0 Å². The molecule has 0 unspecified atom stereocenters. The molecule has 1 amide bonds. The highest BCUT2D eigenvalue weighted by Gasteiger charge is 2.28. The van der Waals surface area contributed by atoms with Gasteiger partial charge in [0, 0.05) is 12.5 Å². The molecule has 29 heavy (non-hydrogen) atoms. The fourth-order valence-electron chi connectivity index (χ4n) is 3.21. The zero-order valence-electron chi connectivity index (χ0n) is 15.9. The van der Waals surface area contributed by atoms with E-state index in [1.807, 2.05) is 0 Å². The highest BCUT2D eigenvalue weighted by Crippen LogP contribution is 2.25. The summed E-state index contributed by atoms with van der Waals surface area (Å²) in [7, 11) is 0. The number of ether oxygens (including phenoxy) is 1. The van der Waals surface area contributed by atoms with Crippen molar-refractivity contribution in [2.24, 2.45) is 11.7 Å². The van der Waals surface area contributed by atoms with Gasteiger partial charge in [-0.1, -0.05) is 12.8 Å². The predicted octanol–water partition coefficient (Wildman–Crippen LogP) is 1.99. The molecular weight excluding hydrogens is 389 g/mol. The van der Waals surface area contributed by atoms with Crippen LogP contribution in [0, 0.1) is 28.8 Å². The molecule has 1 saturated carbocycles. The molecule has 1 aliphatic rings. The van der Waals surface area contributed by atoms with Crippen molar-refractivity contribution in [3.8, 4) is 5.75 Å². The van der Waals surface area contributed by atoms with Gasteiger partial charge in [0.25, 0.3) is 0 Å². The van der Waals surface area contributed by atoms with Crippen molar-refractivity contribution in [2.45, 2.75) is 44.6 Å². The van der Waals surface area contributed by atoms with Crippen molar-refractivity contribution in [1.29, 1.82) is 5.41 Å². The summed E-state index contributed by atoms with van der Waals surface area (Å²) in [4.78, 5) is 24.9. The van der Waals surface area contributed by atoms with Crippen LogP contribution in [0.3, 0.4) is 0 Å². The number of carbonyl (C=O) groups excluding carboxylic acids is 2. The molecule has 2 rings (SSSR count). The number of amides is 1. The first-order valence-electron chi connectivity index (χ1n) is 9.47. The molecule has 0 aliphatic heterocycles. The number of rotatable bonds is 10. The van der Waals surface area contributed by atoms with E-state index >= 15 is 0 Å². The number of nitrogens with one attached hydrogen (secondary N) is 3. The second-order valence-corrected chi connectivity index (χ2v) is 6.95. The van der Waals surface area contributed by atoms with Crippen LogP contribution < -0.4 is 21.1 Å². The molecule has 0 heterocycles. The first-order chi connectivity index (χ1) is 13.8. The maximum atomic E-state index is 13.7. The largest absolute Gasteiger partial charge is 0.480 e. The fraction of sp³-hybridized carbons (Fsp3) is 0.526. The normalized spacial score (nSPS) is 15.0. The molecule has 10 heteroatoms. The predicted molar refractivity (Wildman–Crippen MR) is 99.9 cm³/mol. The highest BCUT2D eigenvalue weighted by atomic mass is 19.2. The average Bonchev–Trinajstić information content (AvgIpc) is 3.21. The number of guanidine groups is 1. The maximum absolute atomic E-state index is 13.7. The molecule has 1 fully saturated rings. The third-order valence-electron chi connectivity index (χ3n) is 4.78. The van der Waals surface area contributed by atoms with Crippen LogP contribution in [0.25, 0.3) is 0 Å². The Kier molecular flexibility index (Phi) is 8.29. The molecule has 0 aromatic heterocycles. The van der Waals surface area contributed by atoms with Gasteiger partial charge in [-0.05, 0) is 37.8 Å². The van der Waals surface area contributed by atoms with Crippen LogP contribution in [0.2, 0.25) is 0 Å². The summed E-state index contributed by atoms with van der Waals surface area (Å²) in [6.07, 6.45) is 4.00. The Labute approximate surface area is 166 Å². The quantitative estimate of drug-likeness (QED) is 0.202. The second kappa shape index (κ2) is 10.7. The average molecular weight is 414 g/mol. The zero-order chi connectivity index (χ0) is 21.4. The van der Waals surface area contributed by atoms with Crippen LogP contribution in [-0.4, -0.2) is 36.8 Å². The van der Waals surface area contributed by atoms with Gasteiger partial charge in [-0.2, -0.15) is 4.39 Å². The first kappa shape index (κ1) is 22.5. The minimum absolute atomic E-state index is 0.167. The van der Waals surface area contributed by atoms with Crippen molar-refractivity contribution in [2.75, 3.05) is 13.2 Å². The number of Topliss-reactive ketones (excluding diaryl/α,β-unsaturated/α-hetero) is 1. The van der Waals surface area contributed by atoms with Gasteiger partial charge in [0.2, 0.25) is 11.7 Å². The molecule has 0 bridgehead atoms. The Bertz CT molecular complexity index is 754. The van der Waals surface area contributed by atoms with Gasteiger partial charge in [0.05, 0.1) is 6.04 Å². The minimum atomic E-state index is -1.52. The lowest BCUT2D eigenvalue weighted by Crippen LogP contribution is -2.45. The fourth-order valence-corrected chi connectivity index (χ4v) is 3.21. The lowest BCUT2D eigenvalue weighted by molar-refractivity contribution is -0.131. The number of nitrogens with two attached hydrogens (primary N) is 1. The van der Waals surface area contributed by atoms with E-state index in [2.05, 4.69) is 10.6 Å². The van der Waals surface area contributed by atoms with Crippen LogP contribution in [-0.2, 0) is 9.59 Å². The van der Waals surface area contributed by atoms with E-state index in [1.54, 1.807) is 0 Å². The van der Waals surface area contributed by atoms with Crippen LogP contribution in [0.5, 0.6) is 5.75 Å². The van der Waals surface area contributed by atoms with E-state index in [0.29, 0.717) is 25.1 Å². The van der Waals surface area contributed by atoms with Crippen molar-refractivity contribution in [3.05, 3.63) is 29.6 Å². The number of hydrogen-bond donors (Lipinski definition) is 4. The van der Waals surface area contributed by atoms with Crippen LogP contribution in [0.15, 0.2) is 12.1 Å². The summed E-state index contributed by atoms with van der Waals surface area (Å²) in [6, 6.07) is 0.383. The molecule has 0 spiro atoms. The monoisotopic (exact) mass is 414 g/mol. The molecule has 1 aliphatic carbocycles. The summed E-state index contributed by atoms with van der Waals surface area (Å²) < 4.78 is 45.5. The Morgan fingerprint density at radius 2 is 1.86 bits per heavy atom. The number of hydrogen-bond acceptors (Lipinski definition) is 4. The van der Waals surface area contributed by atoms with Gasteiger partial charge in [0.15, 0.2) is 29.1 Å². The number of ketones is 1. The van der Waals surface area contributed by atoms with E-state index in [0.717, 1.165) is 25.7 Å². The Balaban J connectivity index is 1.99. The SMILES string of the molecule is N=C(N)NCCC[C@H](NC(=O)C1CCCC1)C(=O)COc1c(F)ccc(F)c1F. The summed E-state index contributed by atoms with van der Waals surface area (Å²) in [6.45, 7) is -0.417. The molecule has 7 nitrogen and oxygen atoms in total. The minimum Gasteiger partial charge on any atom is -0.480 e.